The van der Waals surface area contributed by atoms with Gasteiger partial charge in [0, 0.05) is 22.4 Å². The van der Waals surface area contributed by atoms with Crippen LogP contribution in [0.25, 0.3) is 0 Å². The number of nitrogens with one attached hydrogen (secondary N) is 1. The molecule has 0 aliphatic carbocycles. The Hall–Kier alpha value is -1.10. The van der Waals surface area contributed by atoms with E-state index < -0.39 is 41.5 Å². The van der Waals surface area contributed by atoms with Crippen molar-refractivity contribution in [2.24, 2.45) is 4.99 Å². The van der Waals surface area contributed by atoms with Gasteiger partial charge in [-0.25, -0.2) is 9.38 Å². The fourth-order valence-corrected chi connectivity index (χ4v) is 3.29. The average molecular weight is 406 g/mol. The topological polar surface area (TPSA) is 24.4 Å². The zero-order chi connectivity index (χ0) is 18.8. The first-order chi connectivity index (χ1) is 11.5. The molecule has 1 aromatic rings. The molecule has 1 saturated heterocycles. The maximum atomic E-state index is 13.9. The third kappa shape index (κ3) is 5.98. The highest BCUT2D eigenvalue weighted by molar-refractivity contribution is 8.00. The van der Waals surface area contributed by atoms with E-state index in [1.165, 1.54) is 18.7 Å². The molecule has 0 saturated carbocycles. The summed E-state index contributed by atoms with van der Waals surface area (Å²) >= 11 is 1.83. The summed E-state index contributed by atoms with van der Waals surface area (Å²) in [6.45, 7) is 1.38. The van der Waals surface area contributed by atoms with Gasteiger partial charge in [-0.2, -0.15) is 38.1 Å². The predicted molar refractivity (Wildman–Crippen MR) is 85.3 cm³/mol. The number of thioether (sulfide) groups is 2. The number of aliphatic imine (C=N–C) groups is 1. The van der Waals surface area contributed by atoms with Gasteiger partial charge in [0.15, 0.2) is 0 Å². The molecule has 0 atom stereocenters. The second-order valence-electron chi connectivity index (χ2n) is 5.31. The lowest BCUT2D eigenvalue weighted by molar-refractivity contribution is -0.105. The van der Waals surface area contributed by atoms with Crippen molar-refractivity contribution in [3.05, 3.63) is 23.5 Å². The van der Waals surface area contributed by atoms with Crippen molar-refractivity contribution in [2.45, 2.75) is 30.2 Å². The Labute approximate surface area is 147 Å². The Morgan fingerprint density at radius 2 is 1.88 bits per heavy atom. The summed E-state index contributed by atoms with van der Waals surface area (Å²) < 4.78 is 90.1. The van der Waals surface area contributed by atoms with E-state index in [9.17, 15) is 30.7 Å². The van der Waals surface area contributed by atoms with Gasteiger partial charge in [-0.3, -0.25) is 0 Å². The molecule has 1 N–H and O–H groups in total. The molecule has 0 unspecified atom stereocenters. The van der Waals surface area contributed by atoms with E-state index >= 15 is 0 Å². The van der Waals surface area contributed by atoms with E-state index in [2.05, 4.69) is 10.3 Å². The van der Waals surface area contributed by atoms with Crippen LogP contribution in [0.1, 0.15) is 5.56 Å². The monoisotopic (exact) mass is 406 g/mol. The van der Waals surface area contributed by atoms with E-state index in [-0.39, 0.29) is 10.5 Å². The van der Waals surface area contributed by atoms with Crippen molar-refractivity contribution in [3.8, 4) is 0 Å². The minimum Gasteiger partial charge on any atom is -0.362 e. The van der Waals surface area contributed by atoms with Gasteiger partial charge in [0.25, 0.3) is 0 Å². The van der Waals surface area contributed by atoms with Crippen LogP contribution in [0.5, 0.6) is 0 Å². The molecule has 0 bridgehead atoms. The summed E-state index contributed by atoms with van der Waals surface area (Å²) in [7, 11) is 0. The number of aryl methyl sites for hydroxylation is 1. The highest BCUT2D eigenvalue weighted by atomic mass is 32.2. The third-order valence-electron chi connectivity index (χ3n) is 3.12. The van der Waals surface area contributed by atoms with Crippen LogP contribution in [-0.2, 0) is 0 Å². The number of hydrogen-bond donors (Lipinski definition) is 1. The highest BCUT2D eigenvalue weighted by Gasteiger charge is 2.38. The fourth-order valence-electron chi connectivity index (χ4n) is 1.85. The van der Waals surface area contributed by atoms with Gasteiger partial charge in [0.2, 0.25) is 5.84 Å². The smallest absolute Gasteiger partial charge is 0.362 e. The molecular weight excluding hydrogens is 393 g/mol. The van der Waals surface area contributed by atoms with Crippen molar-refractivity contribution in [1.82, 2.24) is 5.32 Å². The van der Waals surface area contributed by atoms with Crippen LogP contribution in [0.4, 0.5) is 36.4 Å². The molecule has 0 radical (unpaired) electrons. The van der Waals surface area contributed by atoms with Crippen molar-refractivity contribution in [3.63, 3.8) is 0 Å². The summed E-state index contributed by atoms with van der Waals surface area (Å²) in [5.74, 6) is -2.67. The number of rotatable bonds is 4. The number of hydrogen-bond acceptors (Lipinski definition) is 3. The molecule has 1 heterocycles. The molecule has 0 amide bonds. The maximum absolute atomic E-state index is 13.9. The summed E-state index contributed by atoms with van der Waals surface area (Å²) in [5, 5.41) is 2.21. The fraction of sp³-hybridized carbons (Fsp3) is 0.500. The molecule has 0 spiro atoms. The van der Waals surface area contributed by atoms with Gasteiger partial charge in [0.1, 0.15) is 11.5 Å². The largest absolute Gasteiger partial charge is 0.449 e. The molecule has 2 nitrogen and oxygen atoms in total. The Morgan fingerprint density at radius 1 is 1.24 bits per heavy atom. The molecule has 1 aromatic carbocycles. The number of amidine groups is 1. The summed E-state index contributed by atoms with van der Waals surface area (Å²) in [6, 6.07) is 1.37. The van der Waals surface area contributed by atoms with Gasteiger partial charge in [-0.1, -0.05) is 0 Å². The first-order valence-corrected chi connectivity index (χ1v) is 9.09. The molecule has 1 fully saturated rings. The number of halogens is 7. The Balaban J connectivity index is 2.31. The van der Waals surface area contributed by atoms with Crippen LogP contribution in [0.3, 0.4) is 0 Å². The Morgan fingerprint density at radius 3 is 2.36 bits per heavy atom. The van der Waals surface area contributed by atoms with Crippen LogP contribution in [0, 0.1) is 12.7 Å². The number of benzene rings is 1. The molecule has 1 aliphatic heterocycles. The summed E-state index contributed by atoms with van der Waals surface area (Å²) in [5.41, 5.74) is -0.454. The lowest BCUT2D eigenvalue weighted by Crippen LogP contribution is -2.49. The van der Waals surface area contributed by atoms with Crippen LogP contribution in [0.2, 0.25) is 0 Å². The average Bonchev–Trinajstić information content (AvgIpc) is 2.39. The minimum absolute atomic E-state index is 0.0261. The van der Waals surface area contributed by atoms with E-state index in [0.717, 1.165) is 12.1 Å². The van der Waals surface area contributed by atoms with Gasteiger partial charge in [-0.05, 0) is 24.6 Å². The van der Waals surface area contributed by atoms with Gasteiger partial charge < -0.3 is 5.32 Å². The molecular formula is C14H13F7N2S2. The molecule has 25 heavy (non-hydrogen) atoms. The van der Waals surface area contributed by atoms with Crippen LogP contribution < -0.4 is 5.32 Å². The van der Waals surface area contributed by atoms with Crippen LogP contribution in [0.15, 0.2) is 22.0 Å². The van der Waals surface area contributed by atoms with E-state index in [0.29, 0.717) is 23.3 Å². The second-order valence-corrected chi connectivity index (χ2v) is 7.40. The van der Waals surface area contributed by atoms with E-state index in [1.54, 1.807) is 0 Å². The highest BCUT2D eigenvalue weighted by Crippen LogP contribution is 2.34. The van der Waals surface area contributed by atoms with Crippen LogP contribution in [-0.4, -0.2) is 41.5 Å². The SMILES string of the molecule is Cc1cc(F)c(/N=C(/NC2CSC2)C(F)(F)F)cc1SCC(F)(F)F. The van der Waals surface area contributed by atoms with Crippen molar-refractivity contribution in [1.29, 1.82) is 0 Å². The molecule has 1 aliphatic rings. The maximum Gasteiger partial charge on any atom is 0.449 e. The lowest BCUT2D eigenvalue weighted by atomic mass is 10.2. The normalized spacial score (nSPS) is 16.7. The first-order valence-electron chi connectivity index (χ1n) is 6.95. The predicted octanol–water partition coefficient (Wildman–Crippen LogP) is 5.09. The third-order valence-corrected chi connectivity index (χ3v) is 5.61. The van der Waals surface area contributed by atoms with Gasteiger partial charge in [0.05, 0.1) is 5.75 Å². The zero-order valence-corrected chi connectivity index (χ0v) is 14.4. The zero-order valence-electron chi connectivity index (χ0n) is 12.8. The summed E-state index contributed by atoms with van der Waals surface area (Å²) in [4.78, 5) is 3.33. The summed E-state index contributed by atoms with van der Waals surface area (Å²) in [6.07, 6.45) is -9.27. The van der Waals surface area contributed by atoms with Crippen molar-refractivity contribution >= 4 is 35.0 Å². The van der Waals surface area contributed by atoms with Crippen LogP contribution >= 0.6 is 23.5 Å². The quantitative estimate of drug-likeness (QED) is 0.326. The van der Waals surface area contributed by atoms with Gasteiger partial charge >= 0.3 is 12.4 Å². The lowest BCUT2D eigenvalue weighted by Gasteiger charge is -2.28. The van der Waals surface area contributed by atoms with E-state index in [1.807, 2.05) is 0 Å². The molecule has 0 aromatic heterocycles. The molecule has 11 heteroatoms. The first kappa shape index (κ1) is 20.2. The van der Waals surface area contributed by atoms with Crippen molar-refractivity contribution < 1.29 is 30.7 Å². The molecule has 2 rings (SSSR count). The standard InChI is InChI=1S/C14H13F7N2S2/c1-7-2-9(15)10(3-11(7)25-6-13(16,17)18)23-12(14(19,20)21)22-8-4-24-5-8/h2-3,8H,4-6H2,1H3,(H,22,23). The number of nitrogens with zero attached hydrogens (tertiary/aromatic N) is 1. The Bertz CT molecular complexity index is 652. The Kier molecular flexibility index (Phi) is 6.18. The van der Waals surface area contributed by atoms with E-state index in [4.69, 9.17) is 0 Å². The minimum atomic E-state index is -4.82. The number of alkyl halides is 6. The van der Waals surface area contributed by atoms with Gasteiger partial charge in [-0.15, -0.1) is 11.8 Å². The molecule has 140 valence electrons. The second kappa shape index (κ2) is 7.65. The van der Waals surface area contributed by atoms with Crippen molar-refractivity contribution in [2.75, 3.05) is 17.3 Å².